The topological polar surface area (TPSA) is 469 Å². The van der Waals surface area contributed by atoms with E-state index in [2.05, 4.69) is 85.6 Å². The first-order valence-corrected chi connectivity index (χ1v) is 51.5. The molecule has 0 saturated carbocycles. The first kappa shape index (κ1) is 98.9. The van der Waals surface area contributed by atoms with Crippen molar-refractivity contribution in [3.8, 4) is 0 Å². The number of carbonyl (C=O) groups is 8. The molecule has 0 unspecified atom stereocenters. The minimum absolute atomic E-state index is 0.00234. The zero-order valence-corrected chi connectivity index (χ0v) is 81.6. The third-order valence-corrected chi connectivity index (χ3v) is 30.8. The fourth-order valence-electron chi connectivity index (χ4n) is 18.8. The van der Waals surface area contributed by atoms with Crippen LogP contribution in [-0.4, -0.2) is 220 Å². The summed E-state index contributed by atoms with van der Waals surface area (Å²) in [5.74, 6) is -1.26. The van der Waals surface area contributed by atoms with Crippen molar-refractivity contribution >= 4 is 111 Å². The lowest BCUT2D eigenvalue weighted by atomic mass is 9.99. The van der Waals surface area contributed by atoms with E-state index in [4.69, 9.17) is 0 Å². The fraction of sp³-hybridized carbons (Fsp3) is 0.516. The van der Waals surface area contributed by atoms with Gasteiger partial charge in [-0.2, -0.15) is 54.1 Å². The second-order valence-electron chi connectivity index (χ2n) is 35.8. The molecule has 0 saturated heterocycles. The second-order valence-corrected chi connectivity index (χ2v) is 42.3. The van der Waals surface area contributed by atoms with Crippen LogP contribution in [0, 0.1) is 0 Å². The number of fused-ring (bicyclic) bond motifs is 8. The highest BCUT2D eigenvalue weighted by molar-refractivity contribution is 7.90. The van der Waals surface area contributed by atoms with Crippen molar-refractivity contribution in [2.24, 2.45) is 21.1 Å². The molecule has 0 atom stereocenters. The van der Waals surface area contributed by atoms with E-state index in [1.54, 1.807) is 31.9 Å². The zero-order chi connectivity index (χ0) is 96.0. The first-order valence-electron chi connectivity index (χ1n) is 45.6. The van der Waals surface area contributed by atoms with Crippen LogP contribution in [0.25, 0.3) is 0 Å². The van der Waals surface area contributed by atoms with Crippen LogP contribution in [0.2, 0.25) is 0 Å². The Morgan fingerprint density at radius 1 is 0.353 bits per heavy atom. The molecular formula is C91H124N22O16S4. The van der Waals surface area contributed by atoms with Crippen LogP contribution in [0.5, 0.6) is 0 Å². The van der Waals surface area contributed by atoms with Gasteiger partial charge in [-0.3, -0.25) is 37.9 Å². The SMILES string of the molecule is CC(=O)N(C)CCN(C)C(=O)c1cc(S(=O)(=O)NC(=O)Nc2c3c(cc4c2CCC4)CCC3)nn1C.CC(=O)NCCN(C)C(=O)c1cc(S(=O)(=O)NC(=O)Nc2c3c(cc4c2CCC4)CCC3)nn1C.CCN(C)Cc1cc(S(=O)(=O)NC(=O)Nc2c3c(cc4c2CCC4)CCC3)nn1C.CCN(C)Cc1cc(S(=O)(=O)NC(=O)Nc2c3c(cc4c2CCC4)CCC3)nn1C(C)C. The summed E-state index contributed by atoms with van der Waals surface area (Å²) in [4.78, 5) is 107. The lowest BCUT2D eigenvalue weighted by molar-refractivity contribution is -0.127. The summed E-state index contributed by atoms with van der Waals surface area (Å²) < 4.78 is 117. The molecule has 9 N–H and O–H groups in total. The van der Waals surface area contributed by atoms with E-state index < -0.39 is 86.1 Å². The van der Waals surface area contributed by atoms with Crippen LogP contribution in [0.15, 0.2) is 68.6 Å². The first-order chi connectivity index (χ1) is 63.0. The highest BCUT2D eigenvalue weighted by atomic mass is 32.2. The number of benzene rings is 4. The molecule has 718 valence electrons. The number of likely N-dealkylation sites (N-methyl/N-ethyl adjacent to an activating group) is 3. The van der Waals surface area contributed by atoms with E-state index in [0.29, 0.717) is 19.6 Å². The number of amides is 12. The maximum Gasteiger partial charge on any atom is 0.333 e. The minimum atomic E-state index is -4.32. The molecule has 4 aromatic heterocycles. The van der Waals surface area contributed by atoms with Gasteiger partial charge < -0.3 is 51.1 Å². The molecule has 42 heteroatoms. The molecule has 0 radical (unpaired) electrons. The van der Waals surface area contributed by atoms with Crippen molar-refractivity contribution in [1.29, 1.82) is 0 Å². The molecule has 8 aliphatic rings. The second kappa shape index (κ2) is 41.5. The molecule has 133 heavy (non-hydrogen) atoms. The van der Waals surface area contributed by atoms with Gasteiger partial charge in [-0.25, -0.2) is 38.1 Å². The quantitative estimate of drug-likeness (QED) is 0.0233. The van der Waals surface area contributed by atoms with Crippen molar-refractivity contribution < 1.29 is 72.0 Å². The van der Waals surface area contributed by atoms with E-state index in [-0.39, 0.29) is 58.9 Å². The van der Waals surface area contributed by atoms with Gasteiger partial charge in [0.15, 0.2) is 20.1 Å². The van der Waals surface area contributed by atoms with Gasteiger partial charge >= 0.3 is 24.1 Å². The fourth-order valence-corrected chi connectivity index (χ4v) is 22.4. The van der Waals surface area contributed by atoms with Gasteiger partial charge in [-0.05, 0) is 284 Å². The maximum atomic E-state index is 13.0. The van der Waals surface area contributed by atoms with Crippen molar-refractivity contribution in [1.82, 2.24) is 87.8 Å². The summed E-state index contributed by atoms with van der Waals surface area (Å²) in [5, 5.41) is 29.1. The lowest BCUT2D eigenvalue weighted by Crippen LogP contribution is -2.37. The monoisotopic (exact) mass is 1910 g/mol. The van der Waals surface area contributed by atoms with E-state index in [9.17, 15) is 72.0 Å². The van der Waals surface area contributed by atoms with Gasteiger partial charge in [-0.15, -0.1) is 0 Å². The van der Waals surface area contributed by atoms with Crippen molar-refractivity contribution in [3.05, 3.63) is 160 Å². The van der Waals surface area contributed by atoms with E-state index in [1.165, 1.54) is 105 Å². The van der Waals surface area contributed by atoms with Crippen molar-refractivity contribution in [2.45, 2.75) is 235 Å². The third-order valence-electron chi connectivity index (χ3n) is 26.0. The summed E-state index contributed by atoms with van der Waals surface area (Å²) in [5.41, 5.74) is 23.7. The molecule has 0 aliphatic heterocycles. The number of hydrogen-bond acceptors (Lipinski definition) is 22. The van der Waals surface area contributed by atoms with Crippen LogP contribution in [0.1, 0.15) is 220 Å². The molecule has 4 aromatic carbocycles. The number of aryl methyl sites for hydroxylation is 11. The summed E-state index contributed by atoms with van der Waals surface area (Å²) in [6.07, 6.45) is 23.3. The number of hydrogen-bond donors (Lipinski definition) is 9. The van der Waals surface area contributed by atoms with Crippen LogP contribution in [0.3, 0.4) is 0 Å². The molecule has 16 rings (SSSR count). The average molecular weight is 1910 g/mol. The van der Waals surface area contributed by atoms with Gasteiger partial charge in [-0.1, -0.05) is 38.1 Å². The predicted octanol–water partition coefficient (Wildman–Crippen LogP) is 8.34. The molecule has 4 heterocycles. The number of sulfonamides is 4. The molecule has 38 nitrogen and oxygen atoms in total. The zero-order valence-electron chi connectivity index (χ0n) is 78.3. The summed E-state index contributed by atoms with van der Waals surface area (Å²) in [6.45, 7) is 14.7. The van der Waals surface area contributed by atoms with E-state index in [1.807, 2.05) is 56.1 Å². The predicted molar refractivity (Wildman–Crippen MR) is 501 cm³/mol. The summed E-state index contributed by atoms with van der Waals surface area (Å²) in [7, 11) is -3.56. The molecule has 8 aromatic rings. The van der Waals surface area contributed by atoms with Crippen LogP contribution < -0.4 is 45.5 Å². The Labute approximate surface area is 777 Å². The average Bonchev–Trinajstić information content (AvgIpc) is 1.63. The maximum absolute atomic E-state index is 13.0. The smallest absolute Gasteiger partial charge is 0.333 e. The highest BCUT2D eigenvalue weighted by Crippen LogP contribution is 2.43. The van der Waals surface area contributed by atoms with Gasteiger partial charge in [0.05, 0.1) is 11.4 Å². The van der Waals surface area contributed by atoms with Crippen LogP contribution >= 0.6 is 0 Å². The molecule has 0 spiro atoms. The number of rotatable bonds is 27. The molecule has 0 bridgehead atoms. The number of urea groups is 4. The Morgan fingerprint density at radius 2 is 0.617 bits per heavy atom. The van der Waals surface area contributed by atoms with E-state index >= 15 is 0 Å². The van der Waals surface area contributed by atoms with E-state index in [0.717, 1.165) is 267 Å². The standard InChI is InChI=1S/C24H32N6O5S.C23H30N6O5S.C23H33N5O3S.C21H29N5O3S/c1-15(31)28(2)11-12-29(3)23(32)20-14-21(26-30(20)4)36(34,35)27-24(33)25-22-18-9-5-7-16(18)13-17-8-6-10-19(17)22;1-14(30)24-10-11-28(2)22(31)19-13-20(26-29(19)3)35(33,34)27-23(32)25-21-17-8-4-6-15(17)12-16-7-5-9-18(16)21;1-5-27(4)14-18-13-21(25-28(18)15(2)3)32(30,31)26-23(29)24-22-19-10-6-8-16(19)12-17-9-7-11-20(17)22;1-4-25(2)13-16-12-19(23-26(16)3)30(28,29)24-21(27)22-20-17-9-5-7-14(17)11-15-8-6-10-18(15)20/h13-14H,5-12H2,1-4H3,(H2,25,27,33);12-13H,4-11H2,1-3H3,(H,24,30)(H2,25,27,32);12-13,15H,5-11,14H2,1-4H3,(H2,24,26,29);11-12H,4-10,13H2,1-3H3,(H2,22,24,27). The molecule has 0 fully saturated rings. The number of aromatic nitrogens is 8. The van der Waals surface area contributed by atoms with Gasteiger partial charge in [0, 0.05) is 148 Å². The van der Waals surface area contributed by atoms with Gasteiger partial charge in [0.25, 0.3) is 51.9 Å². The molecular weight excluding hydrogens is 1790 g/mol. The Kier molecular flexibility index (Phi) is 30.8. The number of carbonyl (C=O) groups excluding carboxylic acids is 8. The Bertz CT molecular complexity index is 6240. The molecule has 12 amide bonds. The van der Waals surface area contributed by atoms with Crippen LogP contribution in [-0.2, 0) is 187 Å². The third kappa shape index (κ3) is 22.9. The number of nitrogens with zero attached hydrogens (tertiary/aromatic N) is 13. The Balaban J connectivity index is 0.000000151. The van der Waals surface area contributed by atoms with Gasteiger partial charge in [0.2, 0.25) is 11.8 Å². The summed E-state index contributed by atoms with van der Waals surface area (Å²) >= 11 is 0. The molecule has 8 aliphatic carbocycles. The Hall–Kier alpha value is -11.6. The van der Waals surface area contributed by atoms with Crippen molar-refractivity contribution in [2.75, 3.05) is 95.8 Å². The van der Waals surface area contributed by atoms with Crippen LogP contribution in [0.4, 0.5) is 41.9 Å². The number of nitrogens with one attached hydrogen (secondary N) is 9. The van der Waals surface area contributed by atoms with Gasteiger partial charge in [0.1, 0.15) is 11.4 Å². The normalized spacial score (nSPS) is 14.7. The lowest BCUT2D eigenvalue weighted by Gasteiger charge is -2.21. The minimum Gasteiger partial charge on any atom is -0.355 e. The highest BCUT2D eigenvalue weighted by Gasteiger charge is 2.36. The van der Waals surface area contributed by atoms with Crippen molar-refractivity contribution in [3.63, 3.8) is 0 Å². The Morgan fingerprint density at radius 3 is 0.902 bits per heavy atom. The summed E-state index contributed by atoms with van der Waals surface area (Å²) in [6, 6.07) is 11.2. The number of anilines is 4. The largest absolute Gasteiger partial charge is 0.355 e.